The summed E-state index contributed by atoms with van der Waals surface area (Å²) in [7, 11) is 3.83. The number of carbonyl (C=O) groups excluding carboxylic acids is 2. The van der Waals surface area contributed by atoms with Gasteiger partial charge in [-0.25, -0.2) is 9.97 Å². The van der Waals surface area contributed by atoms with Gasteiger partial charge in [0.05, 0.1) is 23.3 Å². The second kappa shape index (κ2) is 11.1. The van der Waals surface area contributed by atoms with Crippen molar-refractivity contribution >= 4 is 34.8 Å². The number of anilines is 3. The number of aromatic hydroxyl groups is 1. The van der Waals surface area contributed by atoms with Gasteiger partial charge < -0.3 is 25.5 Å². The van der Waals surface area contributed by atoms with Crippen molar-refractivity contribution in [3.05, 3.63) is 35.7 Å². The second-order valence-corrected chi connectivity index (χ2v) is 10.7. The van der Waals surface area contributed by atoms with Crippen molar-refractivity contribution in [3.63, 3.8) is 0 Å². The number of aromatic nitrogens is 2. The van der Waals surface area contributed by atoms with E-state index >= 15 is 0 Å². The van der Waals surface area contributed by atoms with Crippen LogP contribution in [0.2, 0.25) is 0 Å². The normalized spacial score (nSPS) is 21.1. The molecule has 0 bridgehead atoms. The number of hydrogen-bond acceptors (Lipinski definition) is 8. The van der Waals surface area contributed by atoms with Gasteiger partial charge in [0.2, 0.25) is 5.95 Å². The summed E-state index contributed by atoms with van der Waals surface area (Å²) in [6.07, 6.45) is 8.43. The lowest BCUT2D eigenvalue weighted by Gasteiger charge is -2.29. The monoisotopic (exact) mass is 519 g/mol. The third-order valence-electron chi connectivity index (χ3n) is 7.97. The van der Waals surface area contributed by atoms with Gasteiger partial charge in [0.1, 0.15) is 17.5 Å². The van der Waals surface area contributed by atoms with E-state index < -0.39 is 6.04 Å². The fourth-order valence-electron chi connectivity index (χ4n) is 5.58. The molecule has 202 valence electrons. The van der Waals surface area contributed by atoms with Gasteiger partial charge in [-0.15, -0.1) is 0 Å². The number of piperidine rings is 1. The number of rotatable bonds is 6. The molecule has 0 unspecified atom stereocenters. The van der Waals surface area contributed by atoms with E-state index in [1.807, 2.05) is 6.92 Å². The molecule has 5 rings (SSSR count). The number of phenolic OH excluding ortho intramolecular Hbond substituents is 1. The summed E-state index contributed by atoms with van der Waals surface area (Å²) >= 11 is 0. The van der Waals surface area contributed by atoms with Gasteiger partial charge in [-0.1, -0.05) is 19.8 Å². The first-order valence-electron chi connectivity index (χ1n) is 13.7. The lowest BCUT2D eigenvalue weighted by atomic mass is 9.97. The van der Waals surface area contributed by atoms with Crippen LogP contribution in [0.4, 0.5) is 17.3 Å². The molecule has 2 amide bonds. The van der Waals surface area contributed by atoms with Gasteiger partial charge in [0.15, 0.2) is 0 Å². The van der Waals surface area contributed by atoms with E-state index in [4.69, 9.17) is 9.98 Å². The van der Waals surface area contributed by atoms with Gasteiger partial charge in [0, 0.05) is 24.6 Å². The maximum absolute atomic E-state index is 13.0. The number of phenols is 1. The standard InChI is InChI=1S/C28H37N7O3/c1-4-20-27(38)35(3)22-16-29-28(33-25(22)24(31-20)17-7-5-6-8-17)32-21-10-9-18(15-23(21)36)26(37)30-19-11-13-34(2)14-12-19/h9-10,15-17,19-20,36H,4-8,11-14H2,1-3H3,(H,30,37)(H,29,32,33)/t20-/m1/s1. The Hall–Kier alpha value is -3.53. The number of hydrogen-bond donors (Lipinski definition) is 3. The maximum Gasteiger partial charge on any atom is 0.251 e. The summed E-state index contributed by atoms with van der Waals surface area (Å²) in [6.45, 7) is 3.88. The summed E-state index contributed by atoms with van der Waals surface area (Å²) in [5.74, 6) is 0.239. The highest BCUT2D eigenvalue weighted by Gasteiger charge is 2.34. The van der Waals surface area contributed by atoms with Crippen LogP contribution in [-0.2, 0) is 4.79 Å². The summed E-state index contributed by atoms with van der Waals surface area (Å²) in [6, 6.07) is 4.50. The van der Waals surface area contributed by atoms with E-state index in [1.165, 1.54) is 6.07 Å². The number of nitrogens with one attached hydrogen (secondary N) is 2. The number of benzene rings is 1. The SMILES string of the molecule is CC[C@H]1N=C(C2CCCC2)c2nc(Nc3ccc(C(=O)NC4CCN(C)CC4)cc3O)ncc2N(C)C1=O. The van der Waals surface area contributed by atoms with Crippen LogP contribution in [0, 0.1) is 5.92 Å². The number of nitrogens with zero attached hydrogens (tertiary/aromatic N) is 5. The summed E-state index contributed by atoms with van der Waals surface area (Å²) in [4.78, 5) is 43.8. The molecule has 2 aliphatic heterocycles. The molecule has 1 atom stereocenters. The first-order valence-corrected chi connectivity index (χ1v) is 13.7. The van der Waals surface area contributed by atoms with Crippen LogP contribution in [0.15, 0.2) is 29.4 Å². The molecule has 1 saturated carbocycles. The van der Waals surface area contributed by atoms with Crippen LogP contribution < -0.4 is 15.5 Å². The van der Waals surface area contributed by atoms with E-state index in [9.17, 15) is 14.7 Å². The average molecular weight is 520 g/mol. The van der Waals surface area contributed by atoms with E-state index in [0.717, 1.165) is 57.3 Å². The van der Waals surface area contributed by atoms with Crippen molar-refractivity contribution in [2.24, 2.45) is 10.9 Å². The van der Waals surface area contributed by atoms with Gasteiger partial charge >= 0.3 is 0 Å². The third kappa shape index (κ3) is 5.36. The molecular weight excluding hydrogens is 482 g/mol. The second-order valence-electron chi connectivity index (χ2n) is 10.7. The Bertz CT molecular complexity index is 1230. The first kappa shape index (κ1) is 26.1. The number of fused-ring (bicyclic) bond motifs is 1. The molecule has 0 radical (unpaired) electrons. The van der Waals surface area contributed by atoms with Crippen molar-refractivity contribution in [2.75, 3.05) is 37.4 Å². The summed E-state index contributed by atoms with van der Waals surface area (Å²) < 4.78 is 0. The van der Waals surface area contributed by atoms with Crippen molar-refractivity contribution in [2.45, 2.75) is 64.0 Å². The number of likely N-dealkylation sites (N-methyl/N-ethyl adjacent to an activating group) is 1. The van der Waals surface area contributed by atoms with Crippen LogP contribution >= 0.6 is 0 Å². The van der Waals surface area contributed by atoms with E-state index in [1.54, 1.807) is 30.3 Å². The van der Waals surface area contributed by atoms with Crippen molar-refractivity contribution in [1.29, 1.82) is 0 Å². The molecule has 2 fully saturated rings. The van der Waals surface area contributed by atoms with Crippen molar-refractivity contribution in [3.8, 4) is 5.75 Å². The van der Waals surface area contributed by atoms with Crippen LogP contribution in [0.3, 0.4) is 0 Å². The highest BCUT2D eigenvalue weighted by Crippen LogP contribution is 2.35. The first-order chi connectivity index (χ1) is 18.3. The van der Waals surface area contributed by atoms with Gasteiger partial charge in [-0.2, -0.15) is 0 Å². The molecule has 1 saturated heterocycles. The Kier molecular flexibility index (Phi) is 7.60. The topological polar surface area (TPSA) is 123 Å². The minimum Gasteiger partial charge on any atom is -0.506 e. The smallest absolute Gasteiger partial charge is 0.251 e. The molecular formula is C28H37N7O3. The van der Waals surface area contributed by atoms with Crippen LogP contribution in [0.25, 0.3) is 0 Å². The third-order valence-corrected chi connectivity index (χ3v) is 7.97. The van der Waals surface area contributed by atoms with Crippen molar-refractivity contribution < 1.29 is 14.7 Å². The van der Waals surface area contributed by atoms with Gasteiger partial charge in [-0.3, -0.25) is 14.6 Å². The molecule has 10 nitrogen and oxygen atoms in total. The number of aliphatic imine (C=N–C) groups is 1. The number of likely N-dealkylation sites (tertiary alicyclic amines) is 1. The molecule has 2 aromatic rings. The molecule has 3 aliphatic rings. The lowest BCUT2D eigenvalue weighted by molar-refractivity contribution is -0.119. The molecule has 3 N–H and O–H groups in total. The Morgan fingerprint density at radius 1 is 1.13 bits per heavy atom. The molecule has 1 aromatic carbocycles. The van der Waals surface area contributed by atoms with Crippen LogP contribution in [-0.4, -0.2) is 76.8 Å². The molecule has 1 aromatic heterocycles. The van der Waals surface area contributed by atoms with Crippen molar-refractivity contribution in [1.82, 2.24) is 20.2 Å². The quantitative estimate of drug-likeness (QED) is 0.499. The highest BCUT2D eigenvalue weighted by atomic mass is 16.3. The predicted molar refractivity (Wildman–Crippen MR) is 147 cm³/mol. The number of amides is 2. The minimum absolute atomic E-state index is 0.0576. The van der Waals surface area contributed by atoms with Crippen LogP contribution in [0.5, 0.6) is 5.75 Å². The summed E-state index contributed by atoms with van der Waals surface area (Å²) in [5.41, 5.74) is 2.97. The molecule has 10 heteroatoms. The molecule has 1 aliphatic carbocycles. The van der Waals surface area contributed by atoms with Gasteiger partial charge in [0.25, 0.3) is 11.8 Å². The van der Waals surface area contributed by atoms with E-state index in [-0.39, 0.29) is 29.5 Å². The minimum atomic E-state index is -0.432. The Labute approximate surface area is 223 Å². The van der Waals surface area contributed by atoms with E-state index in [0.29, 0.717) is 35.0 Å². The highest BCUT2D eigenvalue weighted by molar-refractivity contribution is 6.12. The van der Waals surface area contributed by atoms with Crippen LogP contribution in [0.1, 0.15) is 67.9 Å². The number of carbonyl (C=O) groups is 2. The predicted octanol–water partition coefficient (Wildman–Crippen LogP) is 3.48. The molecule has 38 heavy (non-hydrogen) atoms. The molecule has 3 heterocycles. The fourth-order valence-corrected chi connectivity index (χ4v) is 5.58. The Morgan fingerprint density at radius 3 is 2.55 bits per heavy atom. The maximum atomic E-state index is 13.0. The van der Waals surface area contributed by atoms with E-state index in [2.05, 4.69) is 27.6 Å². The molecule has 0 spiro atoms. The Balaban J connectivity index is 1.37. The Morgan fingerprint density at radius 2 is 1.87 bits per heavy atom. The zero-order valence-corrected chi connectivity index (χ0v) is 22.4. The largest absolute Gasteiger partial charge is 0.506 e. The zero-order valence-electron chi connectivity index (χ0n) is 22.4. The zero-order chi connectivity index (χ0) is 26.8. The summed E-state index contributed by atoms with van der Waals surface area (Å²) in [5, 5.41) is 16.9. The fraction of sp³-hybridized carbons (Fsp3) is 0.536. The van der Waals surface area contributed by atoms with Gasteiger partial charge in [-0.05, 0) is 70.4 Å². The average Bonchev–Trinajstić information content (AvgIpc) is 3.43. The lowest BCUT2D eigenvalue weighted by Crippen LogP contribution is -2.43.